The Labute approximate surface area is 112 Å². The van der Waals surface area contributed by atoms with Gasteiger partial charge in [0, 0.05) is 5.54 Å². The average Bonchev–Trinajstić information content (AvgIpc) is 2.53. The van der Waals surface area contributed by atoms with Crippen molar-refractivity contribution in [2.24, 2.45) is 5.92 Å². The number of rotatable bonds is 2. The summed E-state index contributed by atoms with van der Waals surface area (Å²) in [5.74, 6) is 0.636. The number of benzene rings is 1. The summed E-state index contributed by atoms with van der Waals surface area (Å²) in [7, 11) is 0. The Hall–Kier alpha value is -0.820. The average molecular weight is 245 g/mol. The van der Waals surface area contributed by atoms with Crippen LogP contribution in [0, 0.1) is 19.8 Å². The Morgan fingerprint density at radius 2 is 1.67 bits per heavy atom. The van der Waals surface area contributed by atoms with E-state index in [0.29, 0.717) is 5.92 Å². The van der Waals surface area contributed by atoms with E-state index in [-0.39, 0.29) is 5.54 Å². The molecule has 0 aliphatic carbocycles. The molecule has 1 aromatic carbocycles. The predicted molar refractivity (Wildman–Crippen MR) is 78.9 cm³/mol. The Morgan fingerprint density at radius 3 is 2.28 bits per heavy atom. The smallest absolute Gasteiger partial charge is 0.0458 e. The zero-order chi connectivity index (χ0) is 13.2. The second-order valence-corrected chi connectivity index (χ2v) is 6.24. The zero-order valence-electron chi connectivity index (χ0n) is 12.3. The van der Waals surface area contributed by atoms with Crippen molar-refractivity contribution < 1.29 is 0 Å². The molecule has 100 valence electrons. The fourth-order valence-electron chi connectivity index (χ4n) is 3.41. The first-order valence-electron chi connectivity index (χ1n) is 7.38. The van der Waals surface area contributed by atoms with Crippen molar-refractivity contribution in [1.82, 2.24) is 5.32 Å². The van der Waals surface area contributed by atoms with Crippen LogP contribution in [-0.4, -0.2) is 6.54 Å². The Morgan fingerprint density at radius 1 is 1.00 bits per heavy atom. The van der Waals surface area contributed by atoms with Crippen molar-refractivity contribution in [1.29, 1.82) is 0 Å². The van der Waals surface area contributed by atoms with Gasteiger partial charge in [0.1, 0.15) is 0 Å². The van der Waals surface area contributed by atoms with Crippen LogP contribution in [-0.2, 0) is 5.54 Å². The van der Waals surface area contributed by atoms with Crippen LogP contribution >= 0.6 is 0 Å². The third-order valence-corrected chi connectivity index (χ3v) is 4.41. The molecule has 0 radical (unpaired) electrons. The van der Waals surface area contributed by atoms with Gasteiger partial charge < -0.3 is 5.32 Å². The molecule has 1 aromatic rings. The molecule has 1 heteroatoms. The molecule has 0 saturated carbocycles. The van der Waals surface area contributed by atoms with E-state index in [1.165, 1.54) is 42.4 Å². The van der Waals surface area contributed by atoms with Crippen molar-refractivity contribution in [2.75, 3.05) is 6.54 Å². The second-order valence-electron chi connectivity index (χ2n) is 6.24. The van der Waals surface area contributed by atoms with Gasteiger partial charge in [0.25, 0.3) is 0 Å². The second kappa shape index (κ2) is 5.44. The van der Waals surface area contributed by atoms with Crippen molar-refractivity contribution >= 4 is 0 Å². The van der Waals surface area contributed by atoms with Gasteiger partial charge in [-0.15, -0.1) is 0 Å². The summed E-state index contributed by atoms with van der Waals surface area (Å²) >= 11 is 0. The SMILES string of the molecule is Cc1cc(C)cc(C2(C(C)C)CCCCCN2)c1. The molecular weight excluding hydrogens is 218 g/mol. The molecule has 2 rings (SSSR count). The van der Waals surface area contributed by atoms with E-state index >= 15 is 0 Å². The minimum atomic E-state index is 0.188. The maximum atomic E-state index is 3.87. The lowest BCUT2D eigenvalue weighted by Gasteiger charge is -2.39. The van der Waals surface area contributed by atoms with E-state index in [4.69, 9.17) is 0 Å². The summed E-state index contributed by atoms with van der Waals surface area (Å²) in [5.41, 5.74) is 4.46. The highest BCUT2D eigenvalue weighted by Gasteiger charge is 2.35. The van der Waals surface area contributed by atoms with Crippen molar-refractivity contribution in [3.05, 3.63) is 34.9 Å². The largest absolute Gasteiger partial charge is 0.307 e. The summed E-state index contributed by atoms with van der Waals surface area (Å²) < 4.78 is 0. The first-order valence-corrected chi connectivity index (χ1v) is 7.38. The highest BCUT2D eigenvalue weighted by molar-refractivity contribution is 5.34. The number of aryl methyl sites for hydroxylation is 2. The standard InChI is InChI=1S/C17H27N/c1-13(2)17(8-6-5-7-9-18-17)16-11-14(3)10-15(4)12-16/h10-13,18H,5-9H2,1-4H3. The Kier molecular flexibility index (Phi) is 4.11. The minimum Gasteiger partial charge on any atom is -0.307 e. The van der Waals surface area contributed by atoms with Crippen LogP contribution in [0.5, 0.6) is 0 Å². The maximum absolute atomic E-state index is 3.87. The third-order valence-electron chi connectivity index (χ3n) is 4.41. The quantitative estimate of drug-likeness (QED) is 0.818. The molecule has 1 N–H and O–H groups in total. The predicted octanol–water partition coefficient (Wildman–Crippen LogP) is 4.32. The lowest BCUT2D eigenvalue weighted by atomic mass is 9.76. The molecule has 1 atom stereocenters. The first kappa shape index (κ1) is 13.6. The molecule has 1 fully saturated rings. The molecule has 1 unspecified atom stereocenters. The Bertz CT molecular complexity index is 378. The summed E-state index contributed by atoms with van der Waals surface area (Å²) in [5, 5.41) is 3.87. The highest BCUT2D eigenvalue weighted by Crippen LogP contribution is 2.37. The summed E-state index contributed by atoms with van der Waals surface area (Å²) in [6.07, 6.45) is 5.30. The van der Waals surface area contributed by atoms with Gasteiger partial charge in [-0.05, 0) is 44.7 Å². The summed E-state index contributed by atoms with van der Waals surface area (Å²) in [4.78, 5) is 0. The number of hydrogen-bond acceptors (Lipinski definition) is 1. The van der Waals surface area contributed by atoms with Gasteiger partial charge >= 0.3 is 0 Å². The van der Waals surface area contributed by atoms with Crippen LogP contribution in [0.2, 0.25) is 0 Å². The minimum absolute atomic E-state index is 0.188. The molecule has 0 amide bonds. The van der Waals surface area contributed by atoms with E-state index in [2.05, 4.69) is 51.2 Å². The molecule has 0 bridgehead atoms. The van der Waals surface area contributed by atoms with Gasteiger partial charge in [-0.3, -0.25) is 0 Å². The molecule has 0 aromatic heterocycles. The molecule has 1 nitrogen and oxygen atoms in total. The summed E-state index contributed by atoms with van der Waals surface area (Å²) in [6.45, 7) is 10.3. The van der Waals surface area contributed by atoms with Crippen LogP contribution in [0.15, 0.2) is 18.2 Å². The topological polar surface area (TPSA) is 12.0 Å². The third kappa shape index (κ3) is 2.61. The maximum Gasteiger partial charge on any atom is 0.0458 e. The van der Waals surface area contributed by atoms with Crippen LogP contribution in [0.25, 0.3) is 0 Å². The van der Waals surface area contributed by atoms with Gasteiger partial charge in [-0.2, -0.15) is 0 Å². The molecule has 1 saturated heterocycles. The normalized spacial score (nSPS) is 25.2. The van der Waals surface area contributed by atoms with Gasteiger partial charge in [-0.25, -0.2) is 0 Å². The lowest BCUT2D eigenvalue weighted by Crippen LogP contribution is -2.46. The van der Waals surface area contributed by atoms with Crippen LogP contribution in [0.1, 0.15) is 56.2 Å². The molecule has 1 heterocycles. The number of hydrogen-bond donors (Lipinski definition) is 1. The van der Waals surface area contributed by atoms with Gasteiger partial charge in [-0.1, -0.05) is 56.0 Å². The number of nitrogens with one attached hydrogen (secondary N) is 1. The van der Waals surface area contributed by atoms with Crippen molar-refractivity contribution in [3.63, 3.8) is 0 Å². The fraction of sp³-hybridized carbons (Fsp3) is 0.647. The van der Waals surface area contributed by atoms with E-state index in [1.54, 1.807) is 0 Å². The van der Waals surface area contributed by atoms with E-state index in [1.807, 2.05) is 0 Å². The van der Waals surface area contributed by atoms with Crippen LogP contribution in [0.3, 0.4) is 0 Å². The molecule has 0 spiro atoms. The van der Waals surface area contributed by atoms with Crippen LogP contribution < -0.4 is 5.32 Å². The molecule has 18 heavy (non-hydrogen) atoms. The van der Waals surface area contributed by atoms with Gasteiger partial charge in [0.05, 0.1) is 0 Å². The zero-order valence-corrected chi connectivity index (χ0v) is 12.3. The van der Waals surface area contributed by atoms with Crippen molar-refractivity contribution in [2.45, 2.75) is 58.9 Å². The Balaban J connectivity index is 2.45. The van der Waals surface area contributed by atoms with E-state index in [9.17, 15) is 0 Å². The monoisotopic (exact) mass is 245 g/mol. The van der Waals surface area contributed by atoms with E-state index in [0.717, 1.165) is 6.54 Å². The first-order chi connectivity index (χ1) is 8.54. The van der Waals surface area contributed by atoms with Gasteiger partial charge in [0.15, 0.2) is 0 Å². The van der Waals surface area contributed by atoms with Gasteiger partial charge in [0.2, 0.25) is 0 Å². The van der Waals surface area contributed by atoms with Crippen molar-refractivity contribution in [3.8, 4) is 0 Å². The fourth-order valence-corrected chi connectivity index (χ4v) is 3.41. The highest BCUT2D eigenvalue weighted by atomic mass is 15.0. The lowest BCUT2D eigenvalue weighted by molar-refractivity contribution is 0.230. The van der Waals surface area contributed by atoms with E-state index < -0.39 is 0 Å². The van der Waals surface area contributed by atoms with Crippen LogP contribution in [0.4, 0.5) is 0 Å². The molecular formula is C17H27N. The molecule has 1 aliphatic rings. The summed E-state index contributed by atoms with van der Waals surface area (Å²) in [6, 6.07) is 7.03. The molecule has 1 aliphatic heterocycles.